The molecule has 0 spiro atoms. The highest BCUT2D eigenvalue weighted by Crippen LogP contribution is 2.14. The highest BCUT2D eigenvalue weighted by Gasteiger charge is 1.93. The smallest absolute Gasteiger partial charge is 0.0704 e. The molecule has 2 rings (SSSR count). The van der Waals surface area contributed by atoms with Crippen molar-refractivity contribution < 1.29 is 1.37 Å². The van der Waals surface area contributed by atoms with Gasteiger partial charge in [0.2, 0.25) is 0 Å². The van der Waals surface area contributed by atoms with E-state index in [1.807, 2.05) is 31.2 Å². The summed E-state index contributed by atoms with van der Waals surface area (Å²) in [5.74, 6) is 0. The second kappa shape index (κ2) is 2.35. The summed E-state index contributed by atoms with van der Waals surface area (Å²) >= 11 is 0. The van der Waals surface area contributed by atoms with E-state index >= 15 is 0 Å². The normalized spacial score (nSPS) is 11.5. The van der Waals surface area contributed by atoms with Crippen LogP contribution in [0.3, 0.4) is 0 Å². The Hall–Kier alpha value is -1.37. The molecule has 0 saturated heterocycles. The molecule has 0 aliphatic heterocycles. The van der Waals surface area contributed by atoms with Gasteiger partial charge in [-0.05, 0) is 24.6 Å². The summed E-state index contributed by atoms with van der Waals surface area (Å²) in [5, 5.41) is 1.07. The molecule has 0 N–H and O–H groups in total. The van der Waals surface area contributed by atoms with Crippen LogP contribution in [0.15, 0.2) is 36.5 Å². The zero-order valence-corrected chi connectivity index (χ0v) is 6.33. The monoisotopic (exact) mass is 144 g/mol. The molecule has 1 aromatic heterocycles. The Morgan fingerprint density at radius 1 is 1.36 bits per heavy atom. The summed E-state index contributed by atoms with van der Waals surface area (Å²) in [4.78, 5) is 4.15. The molecule has 0 fully saturated rings. The van der Waals surface area contributed by atoms with Gasteiger partial charge in [0.1, 0.15) is 0 Å². The summed E-state index contributed by atoms with van der Waals surface area (Å²) in [6, 6.07) is 8.29. The van der Waals surface area contributed by atoms with E-state index in [2.05, 4.69) is 4.98 Å². The fourth-order valence-corrected chi connectivity index (χ4v) is 1.19. The molecule has 1 nitrogen and oxygen atoms in total. The molecule has 0 amide bonds. The average Bonchev–Trinajstić information content (AvgIpc) is 2.07. The van der Waals surface area contributed by atoms with E-state index in [-0.39, 0.29) is 0 Å². The van der Waals surface area contributed by atoms with E-state index in [0.717, 1.165) is 10.9 Å². The van der Waals surface area contributed by atoms with E-state index < -0.39 is 0 Å². The largest absolute Gasteiger partial charge is 0.256 e. The molecule has 11 heavy (non-hydrogen) atoms. The van der Waals surface area contributed by atoms with Gasteiger partial charge in [0.25, 0.3) is 0 Å². The van der Waals surface area contributed by atoms with Gasteiger partial charge in [-0.2, -0.15) is 0 Å². The van der Waals surface area contributed by atoms with Crippen molar-refractivity contribution in [2.24, 2.45) is 0 Å². The van der Waals surface area contributed by atoms with Gasteiger partial charge in [0, 0.05) is 11.6 Å². The molecular weight excluding hydrogens is 134 g/mol. The summed E-state index contributed by atoms with van der Waals surface area (Å²) in [5.41, 5.74) is 2.14. The first-order chi connectivity index (χ1) is 5.77. The van der Waals surface area contributed by atoms with Gasteiger partial charge in [-0.3, -0.25) is 4.98 Å². The molecular formula is C10H9N. The SMILES string of the molecule is [2H]c1cnc2cccc(C)c2c1. The number of hydrogen-bond acceptors (Lipinski definition) is 1. The predicted molar refractivity (Wildman–Crippen MR) is 46.5 cm³/mol. The molecule has 0 bridgehead atoms. The lowest BCUT2D eigenvalue weighted by Gasteiger charge is -1.97. The molecule has 0 radical (unpaired) electrons. The quantitative estimate of drug-likeness (QED) is 0.553. The number of rotatable bonds is 0. The van der Waals surface area contributed by atoms with E-state index in [9.17, 15) is 0 Å². The molecule has 54 valence electrons. The maximum atomic E-state index is 7.41. The highest BCUT2D eigenvalue weighted by atomic mass is 14.6. The first-order valence-electron chi connectivity index (χ1n) is 4.09. The Bertz CT molecular complexity index is 423. The third-order valence-electron chi connectivity index (χ3n) is 1.81. The number of nitrogens with zero attached hydrogens (tertiary/aromatic N) is 1. The van der Waals surface area contributed by atoms with Crippen LogP contribution in [0.4, 0.5) is 0 Å². The Morgan fingerprint density at radius 2 is 2.27 bits per heavy atom. The maximum Gasteiger partial charge on any atom is 0.0704 e. The topological polar surface area (TPSA) is 12.9 Å². The summed E-state index contributed by atoms with van der Waals surface area (Å²) in [6.45, 7) is 2.03. The minimum absolute atomic E-state index is 0.469. The summed E-state index contributed by atoms with van der Waals surface area (Å²) in [7, 11) is 0. The van der Waals surface area contributed by atoms with Crippen LogP contribution in [-0.2, 0) is 0 Å². The van der Waals surface area contributed by atoms with Crippen molar-refractivity contribution in [2.75, 3.05) is 0 Å². The van der Waals surface area contributed by atoms with E-state index in [4.69, 9.17) is 1.37 Å². The summed E-state index contributed by atoms with van der Waals surface area (Å²) < 4.78 is 7.41. The fourth-order valence-electron chi connectivity index (χ4n) is 1.19. The van der Waals surface area contributed by atoms with E-state index in [1.54, 1.807) is 6.20 Å². The molecule has 2 aromatic rings. The average molecular weight is 144 g/mol. The van der Waals surface area contributed by atoms with Crippen LogP contribution in [0.25, 0.3) is 10.9 Å². The maximum absolute atomic E-state index is 7.41. The third-order valence-corrected chi connectivity index (χ3v) is 1.81. The highest BCUT2D eigenvalue weighted by molar-refractivity contribution is 5.81. The lowest BCUT2D eigenvalue weighted by Crippen LogP contribution is -1.79. The number of hydrogen-bond donors (Lipinski definition) is 0. The van der Waals surface area contributed by atoms with Crippen LogP contribution in [0.1, 0.15) is 6.93 Å². The predicted octanol–water partition coefficient (Wildman–Crippen LogP) is 2.54. The van der Waals surface area contributed by atoms with Gasteiger partial charge in [-0.15, -0.1) is 0 Å². The molecule has 1 heteroatoms. The Morgan fingerprint density at radius 3 is 3.18 bits per heavy atom. The Kier molecular flexibility index (Phi) is 1.13. The molecule has 0 aliphatic carbocycles. The van der Waals surface area contributed by atoms with Gasteiger partial charge < -0.3 is 0 Å². The Labute approximate surface area is 67.1 Å². The first-order valence-corrected chi connectivity index (χ1v) is 3.59. The number of pyridine rings is 1. The van der Waals surface area contributed by atoms with Crippen LogP contribution in [-0.4, -0.2) is 4.98 Å². The fraction of sp³-hybridized carbons (Fsp3) is 0.100. The number of fused-ring (bicyclic) bond motifs is 1. The zero-order valence-electron chi connectivity index (χ0n) is 7.33. The van der Waals surface area contributed by atoms with Crippen LogP contribution < -0.4 is 0 Å². The van der Waals surface area contributed by atoms with Crippen LogP contribution in [0.5, 0.6) is 0 Å². The Balaban J connectivity index is 2.88. The zero-order chi connectivity index (χ0) is 8.55. The van der Waals surface area contributed by atoms with Crippen LogP contribution in [0.2, 0.25) is 0 Å². The van der Waals surface area contributed by atoms with Crippen molar-refractivity contribution in [1.82, 2.24) is 4.98 Å². The van der Waals surface area contributed by atoms with Gasteiger partial charge >= 0.3 is 0 Å². The van der Waals surface area contributed by atoms with Crippen LogP contribution >= 0.6 is 0 Å². The minimum Gasteiger partial charge on any atom is -0.256 e. The molecule has 0 unspecified atom stereocenters. The van der Waals surface area contributed by atoms with Crippen molar-refractivity contribution in [3.63, 3.8) is 0 Å². The number of benzene rings is 1. The van der Waals surface area contributed by atoms with Crippen molar-refractivity contribution in [3.05, 3.63) is 42.1 Å². The standard InChI is InChI=1S/C10H9N/c1-8-4-2-6-10-9(8)5-3-7-11-10/h2-7H,1H3/i3D. The van der Waals surface area contributed by atoms with Gasteiger partial charge in [-0.25, -0.2) is 0 Å². The summed E-state index contributed by atoms with van der Waals surface area (Å²) in [6.07, 6.45) is 1.57. The number of aryl methyl sites for hydroxylation is 1. The van der Waals surface area contributed by atoms with Crippen molar-refractivity contribution >= 4 is 10.9 Å². The molecule has 1 heterocycles. The van der Waals surface area contributed by atoms with Gasteiger partial charge in [-0.1, -0.05) is 18.2 Å². The van der Waals surface area contributed by atoms with Gasteiger partial charge in [0.05, 0.1) is 6.89 Å². The minimum atomic E-state index is 0.469. The number of aromatic nitrogens is 1. The second-order valence-electron chi connectivity index (χ2n) is 2.58. The third kappa shape index (κ3) is 0.984. The molecule has 0 saturated carbocycles. The van der Waals surface area contributed by atoms with Crippen molar-refractivity contribution in [2.45, 2.75) is 6.92 Å². The van der Waals surface area contributed by atoms with Crippen molar-refractivity contribution in [1.29, 1.82) is 0 Å². The molecule has 0 atom stereocenters. The van der Waals surface area contributed by atoms with E-state index in [1.165, 1.54) is 5.56 Å². The second-order valence-corrected chi connectivity index (χ2v) is 2.58. The van der Waals surface area contributed by atoms with Crippen molar-refractivity contribution in [3.8, 4) is 0 Å². The van der Waals surface area contributed by atoms with E-state index in [0.29, 0.717) is 6.04 Å². The molecule has 1 aromatic carbocycles. The molecule has 0 aliphatic rings. The first kappa shape index (κ1) is 5.30. The lowest BCUT2D eigenvalue weighted by molar-refractivity contribution is 1.39. The van der Waals surface area contributed by atoms with Gasteiger partial charge in [0.15, 0.2) is 0 Å². The lowest BCUT2D eigenvalue weighted by atomic mass is 10.1. The van der Waals surface area contributed by atoms with Crippen LogP contribution in [0, 0.1) is 6.92 Å².